The average molecular weight is 517 g/mol. The Bertz CT molecular complexity index is 1990. The lowest BCUT2D eigenvalue weighted by molar-refractivity contribution is 0.218. The molecule has 4 heteroatoms. The van der Waals surface area contributed by atoms with Crippen LogP contribution in [0.5, 0.6) is 11.5 Å². The summed E-state index contributed by atoms with van der Waals surface area (Å²) in [6.07, 6.45) is 2.83. The molecule has 4 nitrogen and oxygen atoms in total. The summed E-state index contributed by atoms with van der Waals surface area (Å²) in [6.45, 7) is 0. The SMILES string of the molecule is C1=C(c2ccc(-n3c4ccccc4c4ccccc43)cc2)CC2Oc3ccccc3N3C2=C1Oc1ccccc13. The van der Waals surface area contributed by atoms with E-state index in [0.717, 1.165) is 46.4 Å². The Morgan fingerprint density at radius 2 is 1.20 bits per heavy atom. The zero-order valence-electron chi connectivity index (χ0n) is 21.6. The van der Waals surface area contributed by atoms with E-state index in [1.807, 2.05) is 18.2 Å². The molecule has 9 rings (SSSR count). The summed E-state index contributed by atoms with van der Waals surface area (Å²) in [7, 11) is 0. The molecular formula is C36H24N2O2. The Kier molecular flexibility index (Phi) is 4.41. The van der Waals surface area contributed by atoms with E-state index in [4.69, 9.17) is 9.47 Å². The fraction of sp³-hybridized carbons (Fsp3) is 0.0556. The van der Waals surface area contributed by atoms with E-state index in [1.54, 1.807) is 0 Å². The largest absolute Gasteiger partial charge is 0.481 e. The zero-order valence-corrected chi connectivity index (χ0v) is 21.6. The zero-order chi connectivity index (χ0) is 26.2. The van der Waals surface area contributed by atoms with E-state index in [9.17, 15) is 0 Å². The molecule has 0 fully saturated rings. The van der Waals surface area contributed by atoms with Gasteiger partial charge < -0.3 is 18.9 Å². The molecule has 1 unspecified atom stereocenters. The predicted molar refractivity (Wildman–Crippen MR) is 160 cm³/mol. The standard InChI is InChI=1S/C36H24N2O2/c1-3-11-28-26(9-1)27-10-2-4-12-29(27)37(28)25-19-17-23(18-20-25)24-21-34-36-35(22-24)40-33-16-8-6-14-31(33)38(36)30-13-5-7-15-32(30)39-34/h1-21,35H,22H2. The summed E-state index contributed by atoms with van der Waals surface area (Å²) in [5, 5.41) is 2.54. The summed E-state index contributed by atoms with van der Waals surface area (Å²) >= 11 is 0. The number of hydrogen-bond donors (Lipinski definition) is 0. The highest BCUT2D eigenvalue weighted by atomic mass is 16.5. The molecule has 0 bridgehead atoms. The normalized spacial score (nSPS) is 17.1. The molecule has 0 radical (unpaired) electrons. The number of allylic oxidation sites excluding steroid dienone is 1. The first kappa shape index (κ1) is 21.7. The predicted octanol–water partition coefficient (Wildman–Crippen LogP) is 8.77. The van der Waals surface area contributed by atoms with Gasteiger partial charge in [-0.05, 0) is 65.7 Å². The van der Waals surface area contributed by atoms with Crippen molar-refractivity contribution >= 4 is 38.8 Å². The van der Waals surface area contributed by atoms with E-state index in [0.29, 0.717) is 0 Å². The number of nitrogens with zero attached hydrogens (tertiary/aromatic N) is 2. The third kappa shape index (κ3) is 3.02. The fourth-order valence-electron chi connectivity index (χ4n) is 6.54. The Balaban J connectivity index is 1.15. The van der Waals surface area contributed by atoms with Gasteiger partial charge in [-0.3, -0.25) is 0 Å². The lowest BCUT2D eigenvalue weighted by atomic mass is 9.90. The van der Waals surface area contributed by atoms with Crippen LogP contribution in [0.15, 0.2) is 139 Å². The third-order valence-corrected chi connectivity index (χ3v) is 8.29. The molecule has 3 heterocycles. The van der Waals surface area contributed by atoms with Gasteiger partial charge in [-0.1, -0.05) is 72.8 Å². The van der Waals surface area contributed by atoms with Gasteiger partial charge in [0, 0.05) is 22.9 Å². The first-order chi connectivity index (χ1) is 19.8. The first-order valence-electron chi connectivity index (χ1n) is 13.7. The van der Waals surface area contributed by atoms with Crippen molar-refractivity contribution in [2.24, 2.45) is 0 Å². The Morgan fingerprint density at radius 3 is 1.93 bits per heavy atom. The van der Waals surface area contributed by atoms with Gasteiger partial charge in [0.1, 0.15) is 17.6 Å². The minimum atomic E-state index is -0.129. The van der Waals surface area contributed by atoms with Gasteiger partial charge in [0.15, 0.2) is 11.5 Å². The maximum absolute atomic E-state index is 6.59. The van der Waals surface area contributed by atoms with Crippen LogP contribution in [0.3, 0.4) is 0 Å². The lowest BCUT2D eigenvalue weighted by Gasteiger charge is -2.44. The molecule has 1 atom stereocenters. The van der Waals surface area contributed by atoms with Crippen LogP contribution in [0.2, 0.25) is 0 Å². The highest BCUT2D eigenvalue weighted by molar-refractivity contribution is 6.09. The molecule has 3 aliphatic rings. The van der Waals surface area contributed by atoms with Crippen LogP contribution in [0, 0.1) is 0 Å². The molecule has 5 aromatic carbocycles. The monoisotopic (exact) mass is 516 g/mol. The van der Waals surface area contributed by atoms with Crippen molar-refractivity contribution in [2.45, 2.75) is 12.5 Å². The number of benzene rings is 5. The van der Waals surface area contributed by atoms with E-state index >= 15 is 0 Å². The second kappa shape index (κ2) is 8.14. The van der Waals surface area contributed by atoms with Crippen LogP contribution in [0.25, 0.3) is 33.1 Å². The van der Waals surface area contributed by atoms with Gasteiger partial charge in [-0.2, -0.15) is 0 Å². The smallest absolute Gasteiger partial charge is 0.151 e. The molecule has 190 valence electrons. The van der Waals surface area contributed by atoms with Crippen molar-refractivity contribution in [1.82, 2.24) is 4.57 Å². The Morgan fingerprint density at radius 1 is 0.600 bits per heavy atom. The molecule has 0 amide bonds. The lowest BCUT2D eigenvalue weighted by Crippen LogP contribution is -2.40. The molecular weight excluding hydrogens is 492 g/mol. The van der Waals surface area contributed by atoms with Gasteiger partial charge >= 0.3 is 0 Å². The number of para-hydroxylation sites is 6. The summed E-state index contributed by atoms with van der Waals surface area (Å²) in [5.41, 5.74) is 9.13. The Hall–Kier alpha value is -5.22. The quantitative estimate of drug-likeness (QED) is 0.230. The number of anilines is 2. The molecule has 1 aromatic heterocycles. The van der Waals surface area contributed by atoms with Crippen molar-refractivity contribution in [3.05, 3.63) is 144 Å². The van der Waals surface area contributed by atoms with Gasteiger partial charge in [-0.25, -0.2) is 0 Å². The van der Waals surface area contributed by atoms with E-state index < -0.39 is 0 Å². The summed E-state index contributed by atoms with van der Waals surface area (Å²) in [5.74, 6) is 2.61. The van der Waals surface area contributed by atoms with Gasteiger partial charge in [0.25, 0.3) is 0 Å². The molecule has 0 saturated heterocycles. The highest BCUT2D eigenvalue weighted by Crippen LogP contribution is 2.52. The fourth-order valence-corrected chi connectivity index (χ4v) is 6.54. The molecule has 0 N–H and O–H groups in total. The van der Waals surface area contributed by atoms with E-state index in [2.05, 4.69) is 119 Å². The van der Waals surface area contributed by atoms with E-state index in [-0.39, 0.29) is 6.10 Å². The van der Waals surface area contributed by atoms with Crippen LogP contribution < -0.4 is 14.4 Å². The third-order valence-electron chi connectivity index (χ3n) is 8.29. The number of aromatic nitrogens is 1. The van der Waals surface area contributed by atoms with Gasteiger partial charge in [0.2, 0.25) is 0 Å². The van der Waals surface area contributed by atoms with E-state index in [1.165, 1.54) is 32.9 Å². The maximum Gasteiger partial charge on any atom is 0.151 e. The van der Waals surface area contributed by atoms with Gasteiger partial charge in [0.05, 0.1) is 22.4 Å². The number of hydrogen-bond acceptors (Lipinski definition) is 3. The molecule has 2 aliphatic heterocycles. The molecule has 1 aliphatic carbocycles. The van der Waals surface area contributed by atoms with Crippen LogP contribution in [-0.4, -0.2) is 10.7 Å². The second-order valence-corrected chi connectivity index (χ2v) is 10.5. The number of ether oxygens (including phenoxy) is 2. The van der Waals surface area contributed by atoms with Crippen molar-refractivity contribution < 1.29 is 9.47 Å². The number of rotatable bonds is 2. The van der Waals surface area contributed by atoms with Crippen LogP contribution in [0.4, 0.5) is 11.4 Å². The van der Waals surface area contributed by atoms with Crippen molar-refractivity contribution in [3.8, 4) is 17.2 Å². The summed E-state index contributed by atoms with van der Waals surface area (Å²) in [4.78, 5) is 2.32. The van der Waals surface area contributed by atoms with Crippen LogP contribution >= 0.6 is 0 Å². The maximum atomic E-state index is 6.59. The van der Waals surface area contributed by atoms with Crippen LogP contribution in [0.1, 0.15) is 12.0 Å². The minimum absolute atomic E-state index is 0.129. The summed E-state index contributed by atoms with van der Waals surface area (Å²) in [6, 6.07) is 42.6. The van der Waals surface area contributed by atoms with Crippen molar-refractivity contribution in [3.63, 3.8) is 0 Å². The van der Waals surface area contributed by atoms with Gasteiger partial charge in [-0.15, -0.1) is 0 Å². The molecule has 40 heavy (non-hydrogen) atoms. The summed E-state index contributed by atoms with van der Waals surface area (Å²) < 4.78 is 15.4. The molecule has 0 saturated carbocycles. The highest BCUT2D eigenvalue weighted by Gasteiger charge is 2.41. The Labute approximate surface area is 231 Å². The first-order valence-corrected chi connectivity index (χ1v) is 13.7. The average Bonchev–Trinajstić information content (AvgIpc) is 3.35. The molecule has 6 aromatic rings. The molecule has 0 spiro atoms. The van der Waals surface area contributed by atoms with Crippen molar-refractivity contribution in [2.75, 3.05) is 4.90 Å². The topological polar surface area (TPSA) is 26.6 Å². The second-order valence-electron chi connectivity index (χ2n) is 10.5. The minimum Gasteiger partial charge on any atom is -0.481 e. The van der Waals surface area contributed by atoms with Crippen molar-refractivity contribution in [1.29, 1.82) is 0 Å². The van der Waals surface area contributed by atoms with Crippen LogP contribution in [-0.2, 0) is 0 Å². The number of fused-ring (bicyclic) bond motifs is 7.